The molecule has 0 aliphatic heterocycles. The third-order valence-electron chi connectivity index (χ3n) is 15.3. The van der Waals surface area contributed by atoms with E-state index in [2.05, 4.69) is 32.9 Å². The molecule has 0 saturated carbocycles. The van der Waals surface area contributed by atoms with Crippen LogP contribution < -0.4 is 0 Å². The summed E-state index contributed by atoms with van der Waals surface area (Å²) in [6.45, 7) is 6.72. The van der Waals surface area contributed by atoms with E-state index in [1.165, 1.54) is 283 Å². The van der Waals surface area contributed by atoms with Gasteiger partial charge in [-0.2, -0.15) is 0 Å². The Kier molecular flexibility index (Phi) is 61.1. The second-order valence-corrected chi connectivity index (χ2v) is 22.7. The molecule has 0 spiro atoms. The van der Waals surface area contributed by atoms with Gasteiger partial charge < -0.3 is 14.2 Å². The summed E-state index contributed by atoms with van der Waals surface area (Å²) in [4.78, 5) is 38.4. The molecule has 0 aromatic carbocycles. The molecule has 0 aliphatic carbocycles. The monoisotopic (exact) mass is 1030 g/mol. The van der Waals surface area contributed by atoms with Crippen molar-refractivity contribution in [2.24, 2.45) is 0 Å². The molecule has 0 amide bonds. The summed E-state index contributed by atoms with van der Waals surface area (Å²) >= 11 is 0. The first kappa shape index (κ1) is 71.2. The van der Waals surface area contributed by atoms with Crippen LogP contribution >= 0.6 is 0 Å². The van der Waals surface area contributed by atoms with Gasteiger partial charge in [-0.1, -0.05) is 328 Å². The molecule has 0 fully saturated rings. The Morgan fingerprint density at radius 2 is 0.452 bits per heavy atom. The molecule has 0 bridgehead atoms. The first-order valence-corrected chi connectivity index (χ1v) is 33.2. The molecule has 1 atom stereocenters. The Morgan fingerprint density at radius 3 is 0.685 bits per heavy atom. The highest BCUT2D eigenvalue weighted by Crippen LogP contribution is 2.18. The van der Waals surface area contributed by atoms with Gasteiger partial charge in [0.25, 0.3) is 0 Å². The second-order valence-electron chi connectivity index (χ2n) is 22.7. The lowest BCUT2D eigenvalue weighted by atomic mass is 10.0. The van der Waals surface area contributed by atoms with Gasteiger partial charge in [-0.25, -0.2) is 0 Å². The largest absolute Gasteiger partial charge is 0.462 e. The highest BCUT2D eigenvalue weighted by Gasteiger charge is 2.19. The Hall–Kier alpha value is -1.85. The van der Waals surface area contributed by atoms with E-state index in [0.717, 1.165) is 57.8 Å². The fourth-order valence-corrected chi connectivity index (χ4v) is 10.3. The zero-order valence-corrected chi connectivity index (χ0v) is 49.7. The number of unbranched alkanes of at least 4 members (excludes halogenated alkanes) is 49. The number of ether oxygens (including phenoxy) is 3. The topological polar surface area (TPSA) is 78.9 Å². The number of hydrogen-bond donors (Lipinski definition) is 0. The summed E-state index contributed by atoms with van der Waals surface area (Å²) in [5.41, 5.74) is 0. The third kappa shape index (κ3) is 60.9. The van der Waals surface area contributed by atoms with Gasteiger partial charge >= 0.3 is 17.9 Å². The normalized spacial score (nSPS) is 12.0. The summed E-state index contributed by atoms with van der Waals surface area (Å²) in [6.07, 6.45) is 73.6. The summed E-state index contributed by atoms with van der Waals surface area (Å²) in [6, 6.07) is 0. The van der Waals surface area contributed by atoms with Crippen LogP contribution in [-0.2, 0) is 28.6 Å². The van der Waals surface area contributed by atoms with Gasteiger partial charge in [0.1, 0.15) is 13.2 Å². The summed E-state index contributed by atoms with van der Waals surface area (Å²) in [7, 11) is 0. The van der Waals surface area contributed by atoms with Crippen LogP contribution in [0.1, 0.15) is 380 Å². The smallest absolute Gasteiger partial charge is 0.306 e. The zero-order chi connectivity index (χ0) is 52.9. The van der Waals surface area contributed by atoms with Crippen LogP contribution in [0.4, 0.5) is 0 Å². The molecule has 0 radical (unpaired) electrons. The lowest BCUT2D eigenvalue weighted by Crippen LogP contribution is -2.30. The highest BCUT2D eigenvalue weighted by atomic mass is 16.6. The molecule has 0 unspecified atom stereocenters. The van der Waals surface area contributed by atoms with Crippen molar-refractivity contribution in [2.75, 3.05) is 13.2 Å². The van der Waals surface area contributed by atoms with E-state index in [4.69, 9.17) is 14.2 Å². The minimum atomic E-state index is -0.766. The van der Waals surface area contributed by atoms with E-state index < -0.39 is 6.10 Å². The molecule has 0 aromatic rings. The van der Waals surface area contributed by atoms with Crippen molar-refractivity contribution in [2.45, 2.75) is 386 Å². The van der Waals surface area contributed by atoms with Gasteiger partial charge in [0.15, 0.2) is 6.10 Å². The molecule has 0 heterocycles. The van der Waals surface area contributed by atoms with Crippen molar-refractivity contribution in [1.82, 2.24) is 0 Å². The molecule has 6 nitrogen and oxygen atoms in total. The van der Waals surface area contributed by atoms with E-state index >= 15 is 0 Å². The van der Waals surface area contributed by atoms with E-state index in [0.29, 0.717) is 19.3 Å². The number of allylic oxidation sites excluding steroid dienone is 2. The average molecular weight is 1030 g/mol. The molecular weight excluding hydrogens is 901 g/mol. The van der Waals surface area contributed by atoms with Crippen LogP contribution in [0.25, 0.3) is 0 Å². The minimum absolute atomic E-state index is 0.0635. The Labute approximate surface area is 456 Å². The van der Waals surface area contributed by atoms with E-state index in [1.807, 2.05) is 0 Å². The maximum absolute atomic E-state index is 12.9. The fraction of sp³-hybridized carbons (Fsp3) is 0.925. The summed E-state index contributed by atoms with van der Waals surface area (Å²) in [5.74, 6) is -0.832. The quantitative estimate of drug-likeness (QED) is 0.0261. The van der Waals surface area contributed by atoms with Crippen molar-refractivity contribution in [3.05, 3.63) is 12.2 Å². The van der Waals surface area contributed by atoms with E-state index in [1.54, 1.807) is 0 Å². The number of esters is 3. The Morgan fingerprint density at radius 1 is 0.260 bits per heavy atom. The summed E-state index contributed by atoms with van der Waals surface area (Å²) < 4.78 is 17.0. The number of hydrogen-bond acceptors (Lipinski definition) is 6. The fourth-order valence-electron chi connectivity index (χ4n) is 10.3. The van der Waals surface area contributed by atoms with Gasteiger partial charge in [-0.15, -0.1) is 0 Å². The Balaban J connectivity index is 4.30. The van der Waals surface area contributed by atoms with Crippen LogP contribution in [0, 0.1) is 0 Å². The first-order chi connectivity index (χ1) is 36.0. The molecule has 0 aliphatic rings. The standard InChI is InChI=1S/C67H128O6/c1-4-7-10-13-16-19-22-25-28-31-33-36-39-42-45-48-51-54-57-60-66(69)72-63-64(62-71-65(68)59-56-53-50-47-44-41-38-35-30-27-24-21-18-15-12-9-6-3)73-67(70)61-58-55-52-49-46-43-40-37-34-32-29-26-23-20-17-14-11-8-5-2/h25,28,64H,4-24,26-27,29-63H2,1-3H3/b28-25+/t64-/m1/s1. The predicted octanol–water partition coefficient (Wildman–Crippen LogP) is 22.4. The van der Waals surface area contributed by atoms with Crippen LogP contribution in [-0.4, -0.2) is 37.2 Å². The van der Waals surface area contributed by atoms with Crippen molar-refractivity contribution in [1.29, 1.82) is 0 Å². The van der Waals surface area contributed by atoms with E-state index in [-0.39, 0.29) is 31.1 Å². The average Bonchev–Trinajstić information content (AvgIpc) is 3.39. The minimum Gasteiger partial charge on any atom is -0.462 e. The number of rotatable bonds is 62. The molecule has 0 rings (SSSR count). The highest BCUT2D eigenvalue weighted by molar-refractivity contribution is 5.71. The lowest BCUT2D eigenvalue weighted by molar-refractivity contribution is -0.167. The number of carbonyl (C=O) groups is 3. The molecular formula is C67H128O6. The van der Waals surface area contributed by atoms with Gasteiger partial charge in [0.05, 0.1) is 0 Å². The van der Waals surface area contributed by atoms with Gasteiger partial charge in [-0.05, 0) is 44.9 Å². The van der Waals surface area contributed by atoms with Gasteiger partial charge in [-0.3, -0.25) is 14.4 Å². The van der Waals surface area contributed by atoms with Gasteiger partial charge in [0.2, 0.25) is 0 Å². The molecule has 73 heavy (non-hydrogen) atoms. The zero-order valence-electron chi connectivity index (χ0n) is 49.7. The molecule has 0 aromatic heterocycles. The maximum atomic E-state index is 12.9. The van der Waals surface area contributed by atoms with Gasteiger partial charge in [0, 0.05) is 19.3 Å². The molecule has 0 saturated heterocycles. The SMILES string of the molecule is CCCCCCCC/C=C/CCCCCCCCCCCC(=O)OC[C@@H](COC(=O)CCCCCCCCCCCCCCCCCCC)OC(=O)CCCCCCCCCCCCCCCCCCCCC. The first-order valence-electron chi connectivity index (χ1n) is 33.2. The van der Waals surface area contributed by atoms with Crippen molar-refractivity contribution >= 4 is 17.9 Å². The molecule has 0 N–H and O–H groups in total. The Bertz CT molecular complexity index is 1130. The van der Waals surface area contributed by atoms with Crippen LogP contribution in [0.3, 0.4) is 0 Å². The predicted molar refractivity (Wildman–Crippen MR) is 317 cm³/mol. The summed E-state index contributed by atoms with van der Waals surface area (Å²) in [5, 5.41) is 0. The van der Waals surface area contributed by atoms with Crippen molar-refractivity contribution in [3.8, 4) is 0 Å². The lowest BCUT2D eigenvalue weighted by Gasteiger charge is -2.18. The van der Waals surface area contributed by atoms with E-state index in [9.17, 15) is 14.4 Å². The molecule has 6 heteroatoms. The number of carbonyl (C=O) groups excluding carboxylic acids is 3. The third-order valence-corrected chi connectivity index (χ3v) is 15.3. The van der Waals surface area contributed by atoms with Crippen molar-refractivity contribution in [3.63, 3.8) is 0 Å². The second kappa shape index (κ2) is 62.7. The maximum Gasteiger partial charge on any atom is 0.306 e. The van der Waals surface area contributed by atoms with Crippen molar-refractivity contribution < 1.29 is 28.6 Å². The van der Waals surface area contributed by atoms with Crippen LogP contribution in [0.15, 0.2) is 12.2 Å². The van der Waals surface area contributed by atoms with Crippen LogP contribution in [0.5, 0.6) is 0 Å². The van der Waals surface area contributed by atoms with Crippen LogP contribution in [0.2, 0.25) is 0 Å². The molecule has 432 valence electrons.